The standard InChI is InChI=1S/C28H37N3O2/c1-31(17-8-13-26-29-24-11-6-7-12-25(24)30-26)18-16-27(32)19-23-15-14-22(27)20-28(23,33-2)21-9-4-3-5-10-21/h3-7,9-12,22-23,32H,8,13-20H2,1-2H3,(H,29,30). The summed E-state index contributed by atoms with van der Waals surface area (Å²) in [5, 5.41) is 11.7. The molecule has 1 aromatic heterocycles. The van der Waals surface area contributed by atoms with E-state index in [0.717, 1.165) is 74.9 Å². The fourth-order valence-corrected chi connectivity index (χ4v) is 6.47. The molecule has 4 atom stereocenters. The van der Waals surface area contributed by atoms with Gasteiger partial charge in [0.05, 0.1) is 22.2 Å². The molecular formula is C28H37N3O2. The fraction of sp³-hybridized carbons (Fsp3) is 0.536. The van der Waals surface area contributed by atoms with Crippen molar-refractivity contribution in [3.05, 3.63) is 66.0 Å². The van der Waals surface area contributed by atoms with Crippen molar-refractivity contribution in [3.8, 4) is 0 Å². The highest BCUT2D eigenvalue weighted by Gasteiger charge is 2.57. The predicted molar refractivity (Wildman–Crippen MR) is 132 cm³/mol. The van der Waals surface area contributed by atoms with E-state index in [1.54, 1.807) is 0 Å². The second-order valence-corrected chi connectivity index (χ2v) is 10.3. The first-order valence-electron chi connectivity index (χ1n) is 12.5. The number of nitrogens with zero attached hydrogens (tertiary/aromatic N) is 2. The maximum Gasteiger partial charge on any atom is 0.107 e. The van der Waals surface area contributed by atoms with Crippen LogP contribution in [-0.2, 0) is 16.8 Å². The van der Waals surface area contributed by atoms with Crippen LogP contribution >= 0.6 is 0 Å². The number of H-pyrrole nitrogens is 1. The Labute approximate surface area is 197 Å². The minimum absolute atomic E-state index is 0.241. The number of imidazole rings is 1. The van der Waals surface area contributed by atoms with E-state index in [0.29, 0.717) is 11.8 Å². The summed E-state index contributed by atoms with van der Waals surface area (Å²) in [6.45, 7) is 1.93. The van der Waals surface area contributed by atoms with E-state index in [2.05, 4.69) is 64.4 Å². The minimum atomic E-state index is -0.577. The van der Waals surface area contributed by atoms with Gasteiger partial charge >= 0.3 is 0 Å². The molecule has 0 amide bonds. The quantitative estimate of drug-likeness (QED) is 0.489. The van der Waals surface area contributed by atoms with Gasteiger partial charge in [0.1, 0.15) is 5.82 Å². The molecule has 6 rings (SSSR count). The Morgan fingerprint density at radius 3 is 2.52 bits per heavy atom. The van der Waals surface area contributed by atoms with Gasteiger partial charge in [-0.3, -0.25) is 0 Å². The number of nitrogens with one attached hydrogen (secondary N) is 1. The molecule has 3 aliphatic carbocycles. The molecule has 4 unspecified atom stereocenters. The van der Waals surface area contributed by atoms with Gasteiger partial charge in [0.15, 0.2) is 0 Å². The monoisotopic (exact) mass is 447 g/mol. The van der Waals surface area contributed by atoms with E-state index in [4.69, 9.17) is 4.74 Å². The van der Waals surface area contributed by atoms with Crippen LogP contribution in [-0.4, -0.2) is 52.8 Å². The van der Waals surface area contributed by atoms with E-state index >= 15 is 0 Å². The molecule has 0 saturated heterocycles. The Bertz CT molecular complexity index is 1030. The molecule has 3 saturated carbocycles. The van der Waals surface area contributed by atoms with Crippen LogP contribution < -0.4 is 0 Å². The average molecular weight is 448 g/mol. The van der Waals surface area contributed by atoms with Gasteiger partial charge in [-0.1, -0.05) is 42.5 Å². The molecule has 3 aliphatic rings. The fourth-order valence-electron chi connectivity index (χ4n) is 6.47. The highest BCUT2D eigenvalue weighted by atomic mass is 16.5. The summed E-state index contributed by atoms with van der Waals surface area (Å²) in [6, 6.07) is 18.8. The number of benzene rings is 2. The molecule has 176 valence electrons. The Morgan fingerprint density at radius 1 is 1.03 bits per heavy atom. The number of fused-ring (bicyclic) bond motifs is 4. The van der Waals surface area contributed by atoms with Gasteiger partial charge in [0.25, 0.3) is 0 Å². The molecule has 3 aromatic rings. The van der Waals surface area contributed by atoms with E-state index in [9.17, 15) is 5.11 Å². The molecule has 2 N–H and O–H groups in total. The lowest BCUT2D eigenvalue weighted by Gasteiger charge is -2.58. The van der Waals surface area contributed by atoms with Crippen molar-refractivity contribution in [2.45, 2.75) is 56.1 Å². The third kappa shape index (κ3) is 4.34. The first kappa shape index (κ1) is 22.6. The van der Waals surface area contributed by atoms with Gasteiger partial charge in [0.2, 0.25) is 0 Å². The third-order valence-corrected chi connectivity index (χ3v) is 8.38. The number of aromatic amines is 1. The van der Waals surface area contributed by atoms with Crippen LogP contribution in [0.2, 0.25) is 0 Å². The van der Waals surface area contributed by atoms with Crippen molar-refractivity contribution in [2.24, 2.45) is 11.8 Å². The Morgan fingerprint density at radius 2 is 1.79 bits per heavy atom. The van der Waals surface area contributed by atoms with Crippen molar-refractivity contribution in [1.82, 2.24) is 14.9 Å². The number of aromatic nitrogens is 2. The van der Waals surface area contributed by atoms with Crippen molar-refractivity contribution < 1.29 is 9.84 Å². The lowest BCUT2D eigenvalue weighted by atomic mass is 9.53. The van der Waals surface area contributed by atoms with Gasteiger partial charge < -0.3 is 19.7 Å². The van der Waals surface area contributed by atoms with Gasteiger partial charge in [-0.05, 0) is 81.6 Å². The van der Waals surface area contributed by atoms with Crippen LogP contribution in [0, 0.1) is 11.8 Å². The van der Waals surface area contributed by atoms with Crippen molar-refractivity contribution in [3.63, 3.8) is 0 Å². The van der Waals surface area contributed by atoms with E-state index in [-0.39, 0.29) is 5.60 Å². The number of rotatable bonds is 9. The molecule has 5 nitrogen and oxygen atoms in total. The van der Waals surface area contributed by atoms with Crippen LogP contribution in [0.1, 0.15) is 49.9 Å². The maximum atomic E-state index is 11.7. The van der Waals surface area contributed by atoms with E-state index < -0.39 is 5.60 Å². The zero-order valence-electron chi connectivity index (χ0n) is 20.0. The number of ether oxygens (including phenoxy) is 1. The summed E-state index contributed by atoms with van der Waals surface area (Å²) in [7, 11) is 4.02. The zero-order chi connectivity index (χ0) is 22.9. The summed E-state index contributed by atoms with van der Waals surface area (Å²) in [5.74, 6) is 1.73. The predicted octanol–water partition coefficient (Wildman–Crippen LogP) is 4.91. The molecule has 33 heavy (non-hydrogen) atoms. The average Bonchev–Trinajstić information content (AvgIpc) is 3.26. The van der Waals surface area contributed by atoms with Crippen LogP contribution in [0.5, 0.6) is 0 Å². The largest absolute Gasteiger partial charge is 0.390 e. The van der Waals surface area contributed by atoms with E-state index in [1.165, 1.54) is 5.56 Å². The summed E-state index contributed by atoms with van der Waals surface area (Å²) in [4.78, 5) is 10.5. The minimum Gasteiger partial charge on any atom is -0.390 e. The molecule has 0 spiro atoms. The smallest absolute Gasteiger partial charge is 0.107 e. The molecule has 3 fully saturated rings. The summed E-state index contributed by atoms with van der Waals surface area (Å²) >= 11 is 0. The zero-order valence-corrected chi connectivity index (χ0v) is 20.0. The molecular weight excluding hydrogens is 410 g/mol. The number of aryl methyl sites for hydroxylation is 1. The maximum absolute atomic E-state index is 11.7. The van der Waals surface area contributed by atoms with Gasteiger partial charge in [-0.25, -0.2) is 4.98 Å². The number of methoxy groups -OCH3 is 1. The number of aliphatic hydroxyl groups is 1. The summed E-state index contributed by atoms with van der Waals surface area (Å²) in [5.41, 5.74) is 2.60. The Hall–Kier alpha value is -2.21. The lowest BCUT2D eigenvalue weighted by Crippen LogP contribution is -2.58. The third-order valence-electron chi connectivity index (χ3n) is 8.38. The van der Waals surface area contributed by atoms with Crippen LogP contribution in [0.15, 0.2) is 54.6 Å². The molecule has 1 heterocycles. The normalized spacial score (nSPS) is 29.2. The summed E-state index contributed by atoms with van der Waals surface area (Å²) in [6.07, 6.45) is 6.85. The first-order valence-corrected chi connectivity index (χ1v) is 12.5. The molecule has 5 heteroatoms. The number of hydrogen-bond donors (Lipinski definition) is 2. The Kier molecular flexibility index (Phi) is 6.30. The second-order valence-electron chi connectivity index (χ2n) is 10.3. The lowest BCUT2D eigenvalue weighted by molar-refractivity contribution is -0.207. The van der Waals surface area contributed by atoms with Gasteiger partial charge in [-0.15, -0.1) is 0 Å². The highest BCUT2D eigenvalue weighted by Crippen LogP contribution is 2.58. The SMILES string of the molecule is COC1(c2ccccc2)CC2CCC1CC2(O)CCN(C)CCCc1nc2ccccc2[nH]1. The first-order chi connectivity index (χ1) is 16.0. The van der Waals surface area contributed by atoms with Crippen LogP contribution in [0.4, 0.5) is 0 Å². The Balaban J connectivity index is 1.15. The van der Waals surface area contributed by atoms with Crippen LogP contribution in [0.3, 0.4) is 0 Å². The topological polar surface area (TPSA) is 61.4 Å². The number of para-hydroxylation sites is 2. The highest BCUT2D eigenvalue weighted by molar-refractivity contribution is 5.74. The van der Waals surface area contributed by atoms with Gasteiger partial charge in [0, 0.05) is 20.1 Å². The van der Waals surface area contributed by atoms with Crippen LogP contribution in [0.25, 0.3) is 11.0 Å². The molecule has 2 aromatic carbocycles. The van der Waals surface area contributed by atoms with E-state index in [1.807, 2.05) is 19.2 Å². The number of hydrogen-bond acceptors (Lipinski definition) is 4. The van der Waals surface area contributed by atoms with Crippen molar-refractivity contribution in [1.29, 1.82) is 0 Å². The molecule has 0 aliphatic heterocycles. The van der Waals surface area contributed by atoms with Gasteiger partial charge in [-0.2, -0.15) is 0 Å². The van der Waals surface area contributed by atoms with Crippen molar-refractivity contribution >= 4 is 11.0 Å². The summed E-state index contributed by atoms with van der Waals surface area (Å²) < 4.78 is 6.20. The molecule has 0 radical (unpaired) electrons. The molecule has 2 bridgehead atoms. The second kappa shape index (κ2) is 9.21. The van der Waals surface area contributed by atoms with Crippen molar-refractivity contribution in [2.75, 3.05) is 27.2 Å².